The number of carbonyl (C=O) groups excluding carboxylic acids is 1. The summed E-state index contributed by atoms with van der Waals surface area (Å²) in [4.78, 5) is 11.5. The zero-order valence-corrected chi connectivity index (χ0v) is 9.01. The molecule has 1 saturated carbocycles. The normalized spacial score (nSPS) is 21.1. The molecule has 1 fully saturated rings. The first-order valence-electron chi connectivity index (χ1n) is 5.16. The molecule has 1 aliphatic carbocycles. The summed E-state index contributed by atoms with van der Waals surface area (Å²) < 4.78 is 5.37. The van der Waals surface area contributed by atoms with Crippen LogP contribution in [0.3, 0.4) is 0 Å². The summed E-state index contributed by atoms with van der Waals surface area (Å²) in [5, 5.41) is 2.84. The van der Waals surface area contributed by atoms with Gasteiger partial charge in [-0.2, -0.15) is 0 Å². The fraction of sp³-hybridized carbons (Fsp3) is 0.900. The van der Waals surface area contributed by atoms with Crippen LogP contribution in [0.4, 0.5) is 0 Å². The molecule has 0 bridgehead atoms. The van der Waals surface area contributed by atoms with Crippen LogP contribution in [0.5, 0.6) is 0 Å². The molecule has 1 rings (SSSR count). The fourth-order valence-electron chi connectivity index (χ4n) is 1.70. The van der Waals surface area contributed by atoms with Crippen LogP contribution < -0.4 is 11.1 Å². The lowest BCUT2D eigenvalue weighted by Gasteiger charge is -2.40. The first kappa shape index (κ1) is 11.5. The molecule has 0 heterocycles. The molecule has 3 N–H and O–H groups in total. The maximum atomic E-state index is 11.5. The van der Waals surface area contributed by atoms with Crippen LogP contribution in [0, 0.1) is 0 Å². The molecule has 0 aromatic carbocycles. The number of hydrogen-bond acceptors (Lipinski definition) is 3. The summed E-state index contributed by atoms with van der Waals surface area (Å²) in [7, 11) is 1.68. The SMILES string of the molecule is COC1(CC(=O)NC(C)CN)CCC1. The Morgan fingerprint density at radius 2 is 2.29 bits per heavy atom. The minimum atomic E-state index is -0.182. The van der Waals surface area contributed by atoms with E-state index in [-0.39, 0.29) is 17.6 Å². The van der Waals surface area contributed by atoms with Crippen LogP contribution in [0.15, 0.2) is 0 Å². The second kappa shape index (κ2) is 4.75. The molecule has 0 saturated heterocycles. The molecule has 1 atom stereocenters. The Balaban J connectivity index is 2.32. The molecular weight excluding hydrogens is 180 g/mol. The predicted molar refractivity (Wildman–Crippen MR) is 54.9 cm³/mol. The van der Waals surface area contributed by atoms with Crippen molar-refractivity contribution in [3.05, 3.63) is 0 Å². The third-order valence-electron chi connectivity index (χ3n) is 2.94. The van der Waals surface area contributed by atoms with Crippen LogP contribution in [0.1, 0.15) is 32.6 Å². The Hall–Kier alpha value is -0.610. The molecule has 82 valence electrons. The fourth-order valence-corrected chi connectivity index (χ4v) is 1.70. The van der Waals surface area contributed by atoms with Crippen molar-refractivity contribution in [2.75, 3.05) is 13.7 Å². The predicted octanol–water partition coefficient (Wildman–Crippen LogP) is 0.409. The zero-order chi connectivity index (χ0) is 10.6. The number of amides is 1. The summed E-state index contributed by atoms with van der Waals surface area (Å²) in [5.41, 5.74) is 5.23. The van der Waals surface area contributed by atoms with E-state index in [9.17, 15) is 4.79 Å². The van der Waals surface area contributed by atoms with Crippen molar-refractivity contribution in [1.29, 1.82) is 0 Å². The number of ether oxygens (including phenoxy) is 1. The highest BCUT2D eigenvalue weighted by molar-refractivity contribution is 5.77. The Kier molecular flexibility index (Phi) is 3.89. The van der Waals surface area contributed by atoms with Crippen molar-refractivity contribution in [1.82, 2.24) is 5.32 Å². The summed E-state index contributed by atoms with van der Waals surface area (Å²) in [6, 6.07) is 0.0523. The van der Waals surface area contributed by atoms with E-state index in [1.807, 2.05) is 6.92 Å². The van der Waals surface area contributed by atoms with Crippen molar-refractivity contribution in [3.63, 3.8) is 0 Å². The molecule has 1 aliphatic rings. The Morgan fingerprint density at radius 3 is 2.64 bits per heavy atom. The van der Waals surface area contributed by atoms with Crippen LogP contribution >= 0.6 is 0 Å². The minimum Gasteiger partial charge on any atom is -0.378 e. The number of nitrogens with two attached hydrogens (primary N) is 1. The number of nitrogens with one attached hydrogen (secondary N) is 1. The first-order valence-corrected chi connectivity index (χ1v) is 5.16. The second-order valence-electron chi connectivity index (χ2n) is 4.12. The standard InChI is InChI=1S/C10H20N2O2/c1-8(7-11)12-9(13)6-10(14-2)4-3-5-10/h8H,3-7,11H2,1-2H3,(H,12,13). The van der Waals surface area contributed by atoms with Crippen LogP contribution in [-0.2, 0) is 9.53 Å². The van der Waals surface area contributed by atoms with Gasteiger partial charge in [0.25, 0.3) is 0 Å². The number of hydrogen-bond donors (Lipinski definition) is 2. The van der Waals surface area contributed by atoms with E-state index in [0.29, 0.717) is 13.0 Å². The highest BCUT2D eigenvalue weighted by Crippen LogP contribution is 2.37. The third kappa shape index (κ3) is 2.69. The highest BCUT2D eigenvalue weighted by atomic mass is 16.5. The third-order valence-corrected chi connectivity index (χ3v) is 2.94. The average Bonchev–Trinajstić information content (AvgIpc) is 2.11. The van der Waals surface area contributed by atoms with E-state index >= 15 is 0 Å². The van der Waals surface area contributed by atoms with Gasteiger partial charge in [-0.05, 0) is 26.2 Å². The van der Waals surface area contributed by atoms with Gasteiger partial charge in [-0.1, -0.05) is 0 Å². The van der Waals surface area contributed by atoms with Gasteiger partial charge in [0.05, 0.1) is 12.0 Å². The van der Waals surface area contributed by atoms with E-state index in [0.717, 1.165) is 19.3 Å². The molecule has 1 unspecified atom stereocenters. The molecule has 0 radical (unpaired) electrons. The van der Waals surface area contributed by atoms with E-state index in [4.69, 9.17) is 10.5 Å². The topological polar surface area (TPSA) is 64.3 Å². The molecule has 4 nitrogen and oxygen atoms in total. The molecular formula is C10H20N2O2. The largest absolute Gasteiger partial charge is 0.378 e. The Morgan fingerprint density at radius 1 is 1.64 bits per heavy atom. The summed E-state index contributed by atoms with van der Waals surface area (Å²) in [6.45, 7) is 2.38. The Labute approximate surface area is 85.2 Å². The first-order chi connectivity index (χ1) is 6.62. The summed E-state index contributed by atoms with van der Waals surface area (Å²) >= 11 is 0. The lowest BCUT2D eigenvalue weighted by Crippen LogP contribution is -2.46. The van der Waals surface area contributed by atoms with Crippen LogP contribution in [-0.4, -0.2) is 31.2 Å². The molecule has 0 spiro atoms. The van der Waals surface area contributed by atoms with Crippen molar-refractivity contribution < 1.29 is 9.53 Å². The van der Waals surface area contributed by atoms with Gasteiger partial charge in [-0.15, -0.1) is 0 Å². The van der Waals surface area contributed by atoms with Crippen molar-refractivity contribution in [3.8, 4) is 0 Å². The van der Waals surface area contributed by atoms with Gasteiger partial charge < -0.3 is 15.8 Å². The zero-order valence-electron chi connectivity index (χ0n) is 9.01. The van der Waals surface area contributed by atoms with Gasteiger partial charge in [0.15, 0.2) is 0 Å². The maximum Gasteiger partial charge on any atom is 0.223 e. The number of rotatable bonds is 5. The van der Waals surface area contributed by atoms with E-state index in [1.54, 1.807) is 7.11 Å². The number of carbonyl (C=O) groups is 1. The van der Waals surface area contributed by atoms with Crippen LogP contribution in [0.2, 0.25) is 0 Å². The quantitative estimate of drug-likeness (QED) is 0.675. The molecule has 0 aromatic rings. The lowest BCUT2D eigenvalue weighted by atomic mass is 9.77. The maximum absolute atomic E-state index is 11.5. The van der Waals surface area contributed by atoms with Gasteiger partial charge in [0.1, 0.15) is 0 Å². The molecule has 1 amide bonds. The minimum absolute atomic E-state index is 0.0458. The van der Waals surface area contributed by atoms with Crippen LogP contribution in [0.25, 0.3) is 0 Å². The monoisotopic (exact) mass is 200 g/mol. The molecule has 4 heteroatoms. The molecule has 0 aliphatic heterocycles. The van der Waals surface area contributed by atoms with Crippen molar-refractivity contribution >= 4 is 5.91 Å². The molecule has 0 aromatic heterocycles. The highest BCUT2D eigenvalue weighted by Gasteiger charge is 2.38. The molecule has 14 heavy (non-hydrogen) atoms. The summed E-state index contributed by atoms with van der Waals surface area (Å²) in [6.07, 6.45) is 3.61. The van der Waals surface area contributed by atoms with Crippen molar-refractivity contribution in [2.45, 2.75) is 44.2 Å². The summed E-state index contributed by atoms with van der Waals surface area (Å²) in [5.74, 6) is 0.0458. The Bertz CT molecular complexity index is 197. The smallest absolute Gasteiger partial charge is 0.223 e. The van der Waals surface area contributed by atoms with Gasteiger partial charge in [-0.25, -0.2) is 0 Å². The van der Waals surface area contributed by atoms with Crippen molar-refractivity contribution in [2.24, 2.45) is 5.73 Å². The van der Waals surface area contributed by atoms with E-state index < -0.39 is 0 Å². The van der Waals surface area contributed by atoms with E-state index in [1.165, 1.54) is 0 Å². The number of methoxy groups -OCH3 is 1. The second-order valence-corrected chi connectivity index (χ2v) is 4.12. The lowest BCUT2D eigenvalue weighted by molar-refractivity contribution is -0.134. The average molecular weight is 200 g/mol. The van der Waals surface area contributed by atoms with Gasteiger partial charge >= 0.3 is 0 Å². The van der Waals surface area contributed by atoms with Gasteiger partial charge in [0, 0.05) is 19.7 Å². The van der Waals surface area contributed by atoms with Gasteiger partial charge in [0.2, 0.25) is 5.91 Å². The van der Waals surface area contributed by atoms with Gasteiger partial charge in [-0.3, -0.25) is 4.79 Å². The van der Waals surface area contributed by atoms with E-state index in [2.05, 4.69) is 5.32 Å².